The zero-order valence-electron chi connectivity index (χ0n) is 14.8. The second kappa shape index (κ2) is 6.33. The van der Waals surface area contributed by atoms with Crippen LogP contribution in [0.3, 0.4) is 0 Å². The van der Waals surface area contributed by atoms with Crippen LogP contribution in [0.5, 0.6) is 11.5 Å². The Kier molecular flexibility index (Phi) is 3.92. The molecule has 3 aliphatic rings. The number of hydrogen-bond donors (Lipinski definition) is 2. The van der Waals surface area contributed by atoms with Gasteiger partial charge in [0.2, 0.25) is 11.1 Å². The fourth-order valence-corrected chi connectivity index (χ4v) is 4.29. The van der Waals surface area contributed by atoms with Gasteiger partial charge in [0.25, 0.3) is 5.79 Å². The van der Waals surface area contributed by atoms with Crippen LogP contribution in [0.25, 0.3) is 0 Å². The van der Waals surface area contributed by atoms with Crippen molar-refractivity contribution in [2.24, 2.45) is 0 Å². The van der Waals surface area contributed by atoms with Crippen LogP contribution >= 0.6 is 11.8 Å². The first-order valence-corrected chi connectivity index (χ1v) is 10.3. The molecular weight excluding hydrogens is 366 g/mol. The molecule has 27 heavy (non-hydrogen) atoms. The van der Waals surface area contributed by atoms with Crippen LogP contribution in [-0.2, 0) is 4.79 Å². The highest BCUT2D eigenvalue weighted by atomic mass is 32.2. The van der Waals surface area contributed by atoms with Crippen LogP contribution in [0.4, 0.5) is 5.69 Å². The number of fused-ring (bicyclic) bond motifs is 1. The molecule has 1 aromatic carbocycles. The predicted octanol–water partition coefficient (Wildman–Crippen LogP) is 2.64. The number of nitrogens with one attached hydrogen (secondary N) is 1. The number of ether oxygens (including phenoxy) is 2. The van der Waals surface area contributed by atoms with Gasteiger partial charge in [0, 0.05) is 30.5 Å². The van der Waals surface area contributed by atoms with Crippen LogP contribution in [0.2, 0.25) is 0 Å². The van der Waals surface area contributed by atoms with Crippen molar-refractivity contribution >= 4 is 23.4 Å². The lowest BCUT2D eigenvalue weighted by Crippen LogP contribution is -2.34. The molecule has 1 amide bonds. The van der Waals surface area contributed by atoms with Gasteiger partial charge in [-0.2, -0.15) is 0 Å². The first-order chi connectivity index (χ1) is 13.1. The highest BCUT2D eigenvalue weighted by Crippen LogP contribution is 2.47. The Balaban J connectivity index is 1.19. The number of nitrogens with two attached hydrogens (primary N) is 1. The molecule has 2 heterocycles. The zero-order valence-corrected chi connectivity index (χ0v) is 15.6. The maximum Gasteiger partial charge on any atom is 0.251 e. The summed E-state index contributed by atoms with van der Waals surface area (Å²) >= 11 is 1.28. The number of nitrogens with zero attached hydrogens (tertiary/aromatic N) is 3. The standard InChI is InChI=1S/C18H21N5O3S/c19-23-16(11-3-4-11)21-22-17(23)27-10-15(24)20-12-5-6-13-14(9-12)26-18(25-13)7-1-2-8-18/h5-6,9,11H,1-4,7-8,10,19H2,(H,20,24). The van der Waals surface area contributed by atoms with E-state index in [1.807, 2.05) is 18.2 Å². The van der Waals surface area contributed by atoms with E-state index >= 15 is 0 Å². The Bertz CT molecular complexity index is 889. The number of amides is 1. The third-order valence-corrected chi connectivity index (χ3v) is 6.09. The molecule has 8 nitrogen and oxygen atoms in total. The molecule has 0 atom stereocenters. The van der Waals surface area contributed by atoms with E-state index in [4.69, 9.17) is 15.3 Å². The smallest absolute Gasteiger partial charge is 0.251 e. The molecule has 1 aliphatic heterocycles. The molecule has 2 fully saturated rings. The second-order valence-electron chi connectivity index (χ2n) is 7.31. The van der Waals surface area contributed by atoms with E-state index in [0.717, 1.165) is 50.1 Å². The van der Waals surface area contributed by atoms with E-state index in [1.165, 1.54) is 16.4 Å². The van der Waals surface area contributed by atoms with Crippen LogP contribution in [0.15, 0.2) is 23.4 Å². The predicted molar refractivity (Wildman–Crippen MR) is 100 cm³/mol. The van der Waals surface area contributed by atoms with Gasteiger partial charge < -0.3 is 20.6 Å². The minimum Gasteiger partial charge on any atom is -0.448 e. The van der Waals surface area contributed by atoms with Gasteiger partial charge in [-0.1, -0.05) is 11.8 Å². The normalized spacial score (nSPS) is 19.6. The molecule has 5 rings (SSSR count). The number of carbonyl (C=O) groups is 1. The molecule has 0 bridgehead atoms. The van der Waals surface area contributed by atoms with E-state index in [0.29, 0.717) is 22.5 Å². The van der Waals surface area contributed by atoms with Gasteiger partial charge in [0.15, 0.2) is 17.3 Å². The first kappa shape index (κ1) is 16.7. The summed E-state index contributed by atoms with van der Waals surface area (Å²) in [6.07, 6.45) is 6.25. The Hall–Kier alpha value is -2.42. The summed E-state index contributed by atoms with van der Waals surface area (Å²) in [4.78, 5) is 12.3. The Morgan fingerprint density at radius 1 is 1.26 bits per heavy atom. The number of thioether (sulfide) groups is 1. The molecule has 0 unspecified atom stereocenters. The monoisotopic (exact) mass is 387 g/mol. The van der Waals surface area contributed by atoms with Gasteiger partial charge in [-0.15, -0.1) is 10.2 Å². The van der Waals surface area contributed by atoms with Crippen LogP contribution in [0, 0.1) is 0 Å². The summed E-state index contributed by atoms with van der Waals surface area (Å²) in [5.41, 5.74) is 0.686. The van der Waals surface area contributed by atoms with Crippen molar-refractivity contribution in [3.8, 4) is 11.5 Å². The van der Waals surface area contributed by atoms with Crippen LogP contribution < -0.4 is 20.6 Å². The molecule has 2 aliphatic carbocycles. The highest BCUT2D eigenvalue weighted by molar-refractivity contribution is 7.99. The summed E-state index contributed by atoms with van der Waals surface area (Å²) in [5.74, 6) is 8.24. The number of carbonyl (C=O) groups excluding carboxylic acids is 1. The quantitative estimate of drug-likeness (QED) is 0.600. The van der Waals surface area contributed by atoms with E-state index in [-0.39, 0.29) is 11.7 Å². The molecule has 3 N–H and O–H groups in total. The van der Waals surface area contributed by atoms with Crippen molar-refractivity contribution in [3.05, 3.63) is 24.0 Å². The van der Waals surface area contributed by atoms with E-state index < -0.39 is 5.79 Å². The number of aromatic nitrogens is 3. The first-order valence-electron chi connectivity index (χ1n) is 9.27. The highest BCUT2D eigenvalue weighted by Gasteiger charge is 2.44. The maximum absolute atomic E-state index is 12.3. The molecule has 0 saturated heterocycles. The lowest BCUT2D eigenvalue weighted by molar-refractivity contribution is -0.113. The average molecular weight is 387 g/mol. The number of benzene rings is 1. The third-order valence-electron chi connectivity index (χ3n) is 5.15. The van der Waals surface area contributed by atoms with E-state index in [1.54, 1.807) is 0 Å². The third kappa shape index (κ3) is 3.20. The molecular formula is C18H21N5O3S. The van der Waals surface area contributed by atoms with Crippen molar-refractivity contribution in [1.82, 2.24) is 14.9 Å². The Morgan fingerprint density at radius 3 is 2.81 bits per heavy atom. The Morgan fingerprint density at radius 2 is 2.04 bits per heavy atom. The van der Waals surface area contributed by atoms with Gasteiger partial charge >= 0.3 is 0 Å². The van der Waals surface area contributed by atoms with Crippen molar-refractivity contribution in [3.63, 3.8) is 0 Å². The summed E-state index contributed by atoms with van der Waals surface area (Å²) in [6.45, 7) is 0. The molecule has 1 aromatic heterocycles. The van der Waals surface area contributed by atoms with Gasteiger partial charge in [-0.25, -0.2) is 4.68 Å². The van der Waals surface area contributed by atoms with Gasteiger partial charge in [0.1, 0.15) is 0 Å². The minimum absolute atomic E-state index is 0.134. The lowest BCUT2D eigenvalue weighted by atomic mass is 10.2. The van der Waals surface area contributed by atoms with Crippen LogP contribution in [0.1, 0.15) is 50.3 Å². The van der Waals surface area contributed by atoms with E-state index in [2.05, 4.69) is 15.5 Å². The summed E-state index contributed by atoms with van der Waals surface area (Å²) < 4.78 is 13.5. The number of hydrogen-bond acceptors (Lipinski definition) is 7. The molecule has 1 spiro atoms. The molecule has 2 aromatic rings. The fraction of sp³-hybridized carbons (Fsp3) is 0.500. The number of nitrogen functional groups attached to an aromatic ring is 1. The van der Waals surface area contributed by atoms with Crippen molar-refractivity contribution < 1.29 is 14.3 Å². The number of rotatable bonds is 5. The molecule has 2 saturated carbocycles. The molecule has 142 valence electrons. The van der Waals surface area contributed by atoms with Crippen molar-refractivity contribution in [2.75, 3.05) is 16.9 Å². The zero-order chi connectivity index (χ0) is 18.4. The molecule has 9 heteroatoms. The van der Waals surface area contributed by atoms with Gasteiger partial charge in [0.05, 0.1) is 5.75 Å². The lowest BCUT2D eigenvalue weighted by Gasteiger charge is -2.21. The van der Waals surface area contributed by atoms with Crippen molar-refractivity contribution in [1.29, 1.82) is 0 Å². The van der Waals surface area contributed by atoms with Gasteiger partial charge in [-0.3, -0.25) is 4.79 Å². The van der Waals surface area contributed by atoms with Gasteiger partial charge in [-0.05, 0) is 37.8 Å². The topological polar surface area (TPSA) is 104 Å². The van der Waals surface area contributed by atoms with Crippen molar-refractivity contribution in [2.45, 2.75) is 55.4 Å². The maximum atomic E-state index is 12.3. The largest absolute Gasteiger partial charge is 0.448 e. The SMILES string of the molecule is Nn1c(SCC(=O)Nc2ccc3c(c2)OC2(CCCC2)O3)nnc1C1CC1. The van der Waals surface area contributed by atoms with E-state index in [9.17, 15) is 4.79 Å². The summed E-state index contributed by atoms with van der Waals surface area (Å²) in [6, 6.07) is 5.50. The Labute approximate surface area is 160 Å². The molecule has 0 radical (unpaired) electrons. The fourth-order valence-electron chi connectivity index (χ4n) is 3.62. The summed E-state index contributed by atoms with van der Waals surface area (Å²) in [7, 11) is 0. The average Bonchev–Trinajstić information content (AvgIpc) is 3.12. The summed E-state index contributed by atoms with van der Waals surface area (Å²) in [5, 5.41) is 11.6. The minimum atomic E-state index is -0.495. The second-order valence-corrected chi connectivity index (χ2v) is 8.25. The number of anilines is 1. The van der Waals surface area contributed by atoms with Crippen LogP contribution in [-0.4, -0.2) is 32.3 Å².